The average Bonchev–Trinajstić information content (AvgIpc) is 3.21. The van der Waals surface area contributed by atoms with E-state index in [1.54, 1.807) is 25.3 Å². The van der Waals surface area contributed by atoms with Crippen LogP contribution in [-0.2, 0) is 10.0 Å². The number of thiazole rings is 1. The number of hydrogen-bond donors (Lipinski definition) is 0. The summed E-state index contributed by atoms with van der Waals surface area (Å²) < 4.78 is 30.8. The Labute approximate surface area is 174 Å². The van der Waals surface area contributed by atoms with Crippen molar-refractivity contribution < 1.29 is 17.9 Å². The number of hydrogen-bond acceptors (Lipinski definition) is 6. The summed E-state index contributed by atoms with van der Waals surface area (Å²) in [5.41, 5.74) is 1.88. The van der Waals surface area contributed by atoms with Crippen molar-refractivity contribution in [2.75, 3.05) is 21.2 Å². The summed E-state index contributed by atoms with van der Waals surface area (Å²) in [6.45, 7) is 0. The zero-order chi connectivity index (χ0) is 21.0. The summed E-state index contributed by atoms with van der Waals surface area (Å²) >= 11 is 1.46. The Bertz CT molecular complexity index is 1160. The van der Waals surface area contributed by atoms with Crippen molar-refractivity contribution in [3.05, 3.63) is 71.2 Å². The Morgan fingerprint density at radius 1 is 1.14 bits per heavy atom. The van der Waals surface area contributed by atoms with Gasteiger partial charge >= 0.3 is 0 Å². The smallest absolute Gasteiger partial charge is 0.242 e. The molecule has 0 unspecified atom stereocenters. The standard InChI is InChI=1S/C21H20N2O4S2/c1-23(2)29(25,26)19-9-5-6-15(13-19)20(24)11-10-17-14-28-21(22-17)16-7-4-8-18(12-16)27-3/h4-14H,1-3H3/b11-10+. The first-order chi connectivity index (χ1) is 13.8. The summed E-state index contributed by atoms with van der Waals surface area (Å²) in [5.74, 6) is 0.453. The number of nitrogens with zero attached hydrogens (tertiary/aromatic N) is 2. The van der Waals surface area contributed by atoms with Crippen LogP contribution in [0.3, 0.4) is 0 Å². The number of carbonyl (C=O) groups excluding carboxylic acids is 1. The fourth-order valence-electron chi connectivity index (χ4n) is 2.53. The van der Waals surface area contributed by atoms with Gasteiger partial charge in [-0.15, -0.1) is 11.3 Å². The van der Waals surface area contributed by atoms with Crippen molar-refractivity contribution >= 4 is 33.2 Å². The highest BCUT2D eigenvalue weighted by atomic mass is 32.2. The highest BCUT2D eigenvalue weighted by Crippen LogP contribution is 2.27. The van der Waals surface area contributed by atoms with Gasteiger partial charge in [0.25, 0.3) is 0 Å². The van der Waals surface area contributed by atoms with Crippen molar-refractivity contribution in [2.24, 2.45) is 0 Å². The van der Waals surface area contributed by atoms with Gasteiger partial charge in [-0.1, -0.05) is 24.3 Å². The first kappa shape index (κ1) is 20.9. The number of rotatable bonds is 7. The third-order valence-corrected chi connectivity index (χ3v) is 6.86. The Balaban J connectivity index is 1.79. The predicted octanol–water partition coefficient (Wildman–Crippen LogP) is 3.97. The zero-order valence-corrected chi connectivity index (χ0v) is 17.8. The number of methoxy groups -OCH3 is 1. The molecule has 0 N–H and O–H groups in total. The summed E-state index contributed by atoms with van der Waals surface area (Å²) in [4.78, 5) is 17.1. The molecule has 3 aromatic rings. The van der Waals surface area contributed by atoms with Crippen molar-refractivity contribution in [1.29, 1.82) is 0 Å². The number of ketones is 1. The maximum absolute atomic E-state index is 12.5. The summed E-state index contributed by atoms with van der Waals surface area (Å²) in [5, 5.41) is 2.67. The molecule has 0 amide bonds. The number of sulfonamides is 1. The second kappa shape index (κ2) is 8.69. The highest BCUT2D eigenvalue weighted by Gasteiger charge is 2.18. The van der Waals surface area contributed by atoms with Crippen LogP contribution in [0.5, 0.6) is 5.75 Å². The molecular weight excluding hydrogens is 408 g/mol. The molecule has 3 rings (SSSR count). The van der Waals surface area contributed by atoms with E-state index in [0.29, 0.717) is 11.3 Å². The van der Waals surface area contributed by atoms with Crippen LogP contribution in [0.1, 0.15) is 16.1 Å². The van der Waals surface area contributed by atoms with Crippen LogP contribution in [0.15, 0.2) is 64.9 Å². The minimum atomic E-state index is -3.60. The van der Waals surface area contributed by atoms with Crippen LogP contribution in [-0.4, -0.2) is 44.7 Å². The average molecular weight is 429 g/mol. The van der Waals surface area contributed by atoms with E-state index in [2.05, 4.69) is 4.98 Å². The molecule has 8 heteroatoms. The Morgan fingerprint density at radius 2 is 1.90 bits per heavy atom. The molecule has 0 saturated carbocycles. The number of carbonyl (C=O) groups is 1. The third kappa shape index (κ3) is 4.79. The second-order valence-electron chi connectivity index (χ2n) is 6.32. The quantitative estimate of drug-likeness (QED) is 0.420. The van der Waals surface area contributed by atoms with Gasteiger partial charge in [-0.05, 0) is 36.4 Å². The van der Waals surface area contributed by atoms with Crippen molar-refractivity contribution in [3.8, 4) is 16.3 Å². The molecule has 0 bridgehead atoms. The normalized spacial score (nSPS) is 11.9. The van der Waals surface area contributed by atoms with Gasteiger partial charge in [0, 0.05) is 30.6 Å². The van der Waals surface area contributed by atoms with Crippen LogP contribution in [0.2, 0.25) is 0 Å². The first-order valence-electron chi connectivity index (χ1n) is 8.66. The van der Waals surface area contributed by atoms with E-state index in [1.807, 2.05) is 29.6 Å². The Hall–Kier alpha value is -2.81. The molecule has 1 aromatic heterocycles. The van der Waals surface area contributed by atoms with Crippen LogP contribution < -0.4 is 4.74 Å². The van der Waals surface area contributed by atoms with Crippen molar-refractivity contribution in [3.63, 3.8) is 0 Å². The molecule has 0 radical (unpaired) electrons. The molecule has 0 aliphatic carbocycles. The molecule has 150 valence electrons. The molecule has 0 fully saturated rings. The molecule has 0 spiro atoms. The van der Waals surface area contributed by atoms with Gasteiger partial charge in [0.15, 0.2) is 5.78 Å². The summed E-state index contributed by atoms with van der Waals surface area (Å²) in [6.07, 6.45) is 3.02. The Kier molecular flexibility index (Phi) is 6.26. The fourth-order valence-corrected chi connectivity index (χ4v) is 4.26. The minimum absolute atomic E-state index is 0.0794. The maximum Gasteiger partial charge on any atom is 0.242 e. The number of ether oxygens (including phenoxy) is 1. The lowest BCUT2D eigenvalue weighted by atomic mass is 10.1. The van der Waals surface area contributed by atoms with Gasteiger partial charge in [-0.2, -0.15) is 0 Å². The topological polar surface area (TPSA) is 76.6 Å². The van der Waals surface area contributed by atoms with E-state index in [9.17, 15) is 13.2 Å². The van der Waals surface area contributed by atoms with Crippen LogP contribution >= 0.6 is 11.3 Å². The van der Waals surface area contributed by atoms with E-state index in [4.69, 9.17) is 4.74 Å². The van der Waals surface area contributed by atoms with Crippen LogP contribution in [0, 0.1) is 0 Å². The molecule has 0 aliphatic heterocycles. The Morgan fingerprint density at radius 3 is 2.62 bits per heavy atom. The highest BCUT2D eigenvalue weighted by molar-refractivity contribution is 7.89. The minimum Gasteiger partial charge on any atom is -0.497 e. The zero-order valence-electron chi connectivity index (χ0n) is 16.2. The maximum atomic E-state index is 12.5. The van der Waals surface area contributed by atoms with Gasteiger partial charge < -0.3 is 4.74 Å². The molecular formula is C21H20N2O4S2. The lowest BCUT2D eigenvalue weighted by Crippen LogP contribution is -2.22. The number of aromatic nitrogens is 1. The van der Waals surface area contributed by atoms with Gasteiger partial charge in [-0.25, -0.2) is 17.7 Å². The number of allylic oxidation sites excluding steroid dienone is 1. The largest absolute Gasteiger partial charge is 0.497 e. The second-order valence-corrected chi connectivity index (χ2v) is 9.33. The van der Waals surface area contributed by atoms with E-state index in [1.165, 1.54) is 43.6 Å². The van der Waals surface area contributed by atoms with Crippen molar-refractivity contribution in [1.82, 2.24) is 9.29 Å². The lowest BCUT2D eigenvalue weighted by Gasteiger charge is -2.11. The van der Waals surface area contributed by atoms with Gasteiger partial charge in [0.1, 0.15) is 10.8 Å². The monoisotopic (exact) mass is 428 g/mol. The summed E-state index contributed by atoms with van der Waals surface area (Å²) in [6, 6.07) is 13.6. The molecule has 6 nitrogen and oxygen atoms in total. The first-order valence-corrected chi connectivity index (χ1v) is 11.0. The fraction of sp³-hybridized carbons (Fsp3) is 0.143. The van der Waals surface area contributed by atoms with Crippen molar-refractivity contribution in [2.45, 2.75) is 4.90 Å². The number of benzene rings is 2. The summed E-state index contributed by atoms with van der Waals surface area (Å²) in [7, 11) is 0.914. The molecule has 0 saturated heterocycles. The predicted molar refractivity (Wildman–Crippen MR) is 115 cm³/mol. The van der Waals surface area contributed by atoms with E-state index >= 15 is 0 Å². The molecule has 29 heavy (non-hydrogen) atoms. The van der Waals surface area contributed by atoms with Gasteiger partial charge in [-0.3, -0.25) is 4.79 Å². The molecule has 0 aliphatic rings. The molecule has 0 atom stereocenters. The van der Waals surface area contributed by atoms with Gasteiger partial charge in [0.05, 0.1) is 17.7 Å². The van der Waals surface area contributed by atoms with E-state index in [0.717, 1.165) is 20.6 Å². The molecule has 1 heterocycles. The SMILES string of the molecule is COc1cccc(-c2nc(/C=C/C(=O)c3cccc(S(=O)(=O)N(C)C)c3)cs2)c1. The molecule has 2 aromatic carbocycles. The van der Waals surface area contributed by atoms with Gasteiger partial charge in [0.2, 0.25) is 10.0 Å². The van der Waals surface area contributed by atoms with Crippen LogP contribution in [0.4, 0.5) is 0 Å². The lowest BCUT2D eigenvalue weighted by molar-refractivity contribution is 0.104. The van der Waals surface area contributed by atoms with E-state index < -0.39 is 10.0 Å². The van der Waals surface area contributed by atoms with Crippen LogP contribution in [0.25, 0.3) is 16.6 Å². The third-order valence-electron chi connectivity index (χ3n) is 4.14. The van der Waals surface area contributed by atoms with E-state index in [-0.39, 0.29) is 10.7 Å².